The highest BCUT2D eigenvalue weighted by Crippen LogP contribution is 2.22. The molecule has 0 aliphatic carbocycles. The quantitative estimate of drug-likeness (QED) is 0.789. The van der Waals surface area contributed by atoms with Crippen LogP contribution in [0.5, 0.6) is 0 Å². The summed E-state index contributed by atoms with van der Waals surface area (Å²) in [5.74, 6) is 0. The number of para-hydroxylation sites is 2. The number of rotatable bonds is 3. The normalized spacial score (nSPS) is 12.8. The number of fused-ring (bicyclic) bond motifs is 1. The van der Waals surface area contributed by atoms with Gasteiger partial charge in [-0.3, -0.25) is 0 Å². The number of nitrogens with zero attached hydrogens (tertiary/aromatic N) is 2. The van der Waals surface area contributed by atoms with Gasteiger partial charge in [0.1, 0.15) is 0 Å². The molecule has 0 amide bonds. The third kappa shape index (κ3) is 2.32. The molecule has 0 fully saturated rings. The average molecular weight is 266 g/mol. The van der Waals surface area contributed by atoms with Crippen molar-refractivity contribution in [2.45, 2.75) is 26.5 Å². The molecule has 3 aromatic rings. The molecule has 3 nitrogen and oxygen atoms in total. The number of imidazole rings is 1. The zero-order chi connectivity index (χ0) is 14.1. The van der Waals surface area contributed by atoms with E-state index in [0.29, 0.717) is 6.54 Å². The van der Waals surface area contributed by atoms with Gasteiger partial charge in [0.15, 0.2) is 0 Å². The van der Waals surface area contributed by atoms with Crippen LogP contribution in [0.4, 0.5) is 0 Å². The maximum Gasteiger partial charge on any atom is 0.0972 e. The van der Waals surface area contributed by atoms with Gasteiger partial charge in [-0.2, -0.15) is 0 Å². The molecule has 1 atom stereocenters. The Bertz CT molecular complexity index is 746. The van der Waals surface area contributed by atoms with Crippen molar-refractivity contribution < 1.29 is 5.11 Å². The molecule has 0 bridgehead atoms. The Labute approximate surface area is 118 Å². The molecular formula is C17H18N2O. The summed E-state index contributed by atoms with van der Waals surface area (Å²) in [6, 6.07) is 14.1. The number of benzene rings is 2. The highest BCUT2D eigenvalue weighted by Gasteiger charge is 2.12. The molecule has 0 spiro atoms. The minimum absolute atomic E-state index is 0.518. The van der Waals surface area contributed by atoms with Crippen LogP contribution < -0.4 is 0 Å². The number of aliphatic hydroxyl groups is 1. The van der Waals surface area contributed by atoms with Crippen LogP contribution in [0.1, 0.15) is 22.8 Å². The van der Waals surface area contributed by atoms with E-state index in [2.05, 4.69) is 18.0 Å². The number of aliphatic hydroxyl groups excluding tert-OH is 1. The fraction of sp³-hybridized carbons (Fsp3) is 0.235. The van der Waals surface area contributed by atoms with Crippen LogP contribution in [0.15, 0.2) is 48.8 Å². The molecular weight excluding hydrogens is 248 g/mol. The number of hydrogen-bond donors (Lipinski definition) is 1. The van der Waals surface area contributed by atoms with Gasteiger partial charge >= 0.3 is 0 Å². The molecule has 1 heterocycles. The van der Waals surface area contributed by atoms with Gasteiger partial charge in [-0.05, 0) is 37.1 Å². The van der Waals surface area contributed by atoms with Crippen molar-refractivity contribution >= 4 is 11.0 Å². The van der Waals surface area contributed by atoms with Crippen molar-refractivity contribution in [3.8, 4) is 0 Å². The lowest BCUT2D eigenvalue weighted by molar-refractivity contribution is 0.157. The van der Waals surface area contributed by atoms with Gasteiger partial charge in [0.05, 0.1) is 30.0 Å². The van der Waals surface area contributed by atoms with Crippen molar-refractivity contribution in [2.75, 3.05) is 0 Å². The SMILES string of the molecule is Cc1ccc(C(O)Cn2cnc3ccccc32)c(C)c1. The Morgan fingerprint density at radius 1 is 1.15 bits per heavy atom. The third-order valence-corrected chi connectivity index (χ3v) is 3.68. The molecule has 20 heavy (non-hydrogen) atoms. The topological polar surface area (TPSA) is 38.0 Å². The summed E-state index contributed by atoms with van der Waals surface area (Å²) in [7, 11) is 0. The van der Waals surface area contributed by atoms with E-state index in [-0.39, 0.29) is 0 Å². The highest BCUT2D eigenvalue weighted by molar-refractivity contribution is 5.74. The second kappa shape index (κ2) is 5.10. The molecule has 3 rings (SSSR count). The Morgan fingerprint density at radius 3 is 2.75 bits per heavy atom. The van der Waals surface area contributed by atoms with E-state index >= 15 is 0 Å². The van der Waals surface area contributed by atoms with Crippen molar-refractivity contribution in [1.29, 1.82) is 0 Å². The monoisotopic (exact) mass is 266 g/mol. The zero-order valence-corrected chi connectivity index (χ0v) is 11.7. The maximum atomic E-state index is 10.5. The van der Waals surface area contributed by atoms with Gasteiger partial charge < -0.3 is 9.67 Å². The predicted octanol–water partition coefficient (Wildman–Crippen LogP) is 3.39. The van der Waals surface area contributed by atoms with E-state index in [1.807, 2.05) is 47.9 Å². The highest BCUT2D eigenvalue weighted by atomic mass is 16.3. The van der Waals surface area contributed by atoms with E-state index in [4.69, 9.17) is 0 Å². The predicted molar refractivity (Wildman–Crippen MR) is 80.6 cm³/mol. The fourth-order valence-electron chi connectivity index (χ4n) is 2.64. The van der Waals surface area contributed by atoms with E-state index in [0.717, 1.165) is 22.2 Å². The summed E-state index contributed by atoms with van der Waals surface area (Å²) >= 11 is 0. The summed E-state index contributed by atoms with van der Waals surface area (Å²) in [5, 5.41) is 10.5. The van der Waals surface area contributed by atoms with Gasteiger partial charge in [-0.15, -0.1) is 0 Å². The minimum Gasteiger partial charge on any atom is -0.387 e. The molecule has 1 unspecified atom stereocenters. The number of aryl methyl sites for hydroxylation is 2. The summed E-state index contributed by atoms with van der Waals surface area (Å²) in [6.07, 6.45) is 1.27. The van der Waals surface area contributed by atoms with Gasteiger partial charge in [0.2, 0.25) is 0 Å². The van der Waals surface area contributed by atoms with Crippen LogP contribution in [0.25, 0.3) is 11.0 Å². The Hall–Kier alpha value is -2.13. The van der Waals surface area contributed by atoms with Crippen LogP contribution in [-0.4, -0.2) is 14.7 Å². The molecule has 0 aliphatic heterocycles. The van der Waals surface area contributed by atoms with Gasteiger partial charge in [-0.25, -0.2) is 4.98 Å². The van der Waals surface area contributed by atoms with E-state index in [1.54, 1.807) is 6.33 Å². The van der Waals surface area contributed by atoms with Crippen LogP contribution >= 0.6 is 0 Å². The van der Waals surface area contributed by atoms with Gasteiger partial charge in [0, 0.05) is 0 Å². The second-order valence-electron chi connectivity index (χ2n) is 5.26. The maximum absolute atomic E-state index is 10.5. The molecule has 1 aromatic heterocycles. The molecule has 102 valence electrons. The summed E-state index contributed by atoms with van der Waals surface area (Å²) in [5.41, 5.74) is 5.33. The van der Waals surface area contributed by atoms with Crippen molar-refractivity contribution in [2.24, 2.45) is 0 Å². The Morgan fingerprint density at radius 2 is 1.95 bits per heavy atom. The summed E-state index contributed by atoms with van der Waals surface area (Å²) in [4.78, 5) is 4.35. The number of hydrogen-bond acceptors (Lipinski definition) is 2. The summed E-state index contributed by atoms with van der Waals surface area (Å²) in [6.45, 7) is 4.62. The largest absolute Gasteiger partial charge is 0.387 e. The van der Waals surface area contributed by atoms with Crippen molar-refractivity contribution in [3.05, 3.63) is 65.5 Å². The standard InChI is InChI=1S/C17H18N2O/c1-12-7-8-14(13(2)9-12)17(20)10-19-11-18-15-5-3-4-6-16(15)19/h3-9,11,17,20H,10H2,1-2H3. The molecule has 2 aromatic carbocycles. The molecule has 3 heteroatoms. The third-order valence-electron chi connectivity index (χ3n) is 3.68. The Kier molecular flexibility index (Phi) is 3.28. The first kappa shape index (κ1) is 12.9. The van der Waals surface area contributed by atoms with Crippen LogP contribution in [0.2, 0.25) is 0 Å². The number of aromatic nitrogens is 2. The van der Waals surface area contributed by atoms with Crippen LogP contribution in [0.3, 0.4) is 0 Å². The van der Waals surface area contributed by atoms with Crippen molar-refractivity contribution in [1.82, 2.24) is 9.55 Å². The molecule has 0 radical (unpaired) electrons. The molecule has 1 N–H and O–H groups in total. The first-order chi connectivity index (χ1) is 9.65. The van der Waals surface area contributed by atoms with Crippen LogP contribution in [-0.2, 0) is 6.54 Å². The fourth-order valence-corrected chi connectivity index (χ4v) is 2.64. The lowest BCUT2D eigenvalue weighted by Crippen LogP contribution is -2.09. The molecule has 0 saturated heterocycles. The summed E-state index contributed by atoms with van der Waals surface area (Å²) < 4.78 is 2.00. The Balaban J connectivity index is 1.90. The van der Waals surface area contributed by atoms with Gasteiger partial charge in [0.25, 0.3) is 0 Å². The zero-order valence-electron chi connectivity index (χ0n) is 11.7. The first-order valence-electron chi connectivity index (χ1n) is 6.80. The van der Waals surface area contributed by atoms with Crippen LogP contribution in [0, 0.1) is 13.8 Å². The van der Waals surface area contributed by atoms with E-state index in [1.165, 1.54) is 5.56 Å². The van der Waals surface area contributed by atoms with E-state index < -0.39 is 6.10 Å². The van der Waals surface area contributed by atoms with Gasteiger partial charge in [-0.1, -0.05) is 35.9 Å². The average Bonchev–Trinajstić information content (AvgIpc) is 2.82. The first-order valence-corrected chi connectivity index (χ1v) is 6.80. The molecule has 0 aliphatic rings. The second-order valence-corrected chi connectivity index (χ2v) is 5.26. The lowest BCUT2D eigenvalue weighted by atomic mass is 10.0. The van der Waals surface area contributed by atoms with E-state index in [9.17, 15) is 5.11 Å². The minimum atomic E-state index is -0.520. The molecule has 0 saturated carbocycles. The lowest BCUT2D eigenvalue weighted by Gasteiger charge is -2.15. The van der Waals surface area contributed by atoms with Crippen molar-refractivity contribution in [3.63, 3.8) is 0 Å². The smallest absolute Gasteiger partial charge is 0.0972 e.